The highest BCUT2D eigenvalue weighted by molar-refractivity contribution is 6.32. The van der Waals surface area contributed by atoms with Crippen LogP contribution in [0.5, 0.6) is 0 Å². The molecule has 0 radical (unpaired) electrons. The highest BCUT2D eigenvalue weighted by Crippen LogP contribution is 2.36. The van der Waals surface area contributed by atoms with Gasteiger partial charge in [0.15, 0.2) is 10.8 Å². The summed E-state index contributed by atoms with van der Waals surface area (Å²) in [5.41, 5.74) is 3.56. The number of rotatable bonds is 2. The molecule has 3 nitrogen and oxygen atoms in total. The van der Waals surface area contributed by atoms with Crippen molar-refractivity contribution in [1.29, 1.82) is 0 Å². The van der Waals surface area contributed by atoms with Gasteiger partial charge in [-0.25, -0.2) is 0 Å². The number of hydrogen-bond acceptors (Lipinski definition) is 2. The Bertz CT molecular complexity index is 356. The minimum absolute atomic E-state index is 0.0915. The number of nitrogens with zero attached hydrogens (tertiary/aromatic N) is 2. The molecule has 14 heavy (non-hydrogen) atoms. The molecule has 1 aromatic heterocycles. The molecule has 78 valence electrons. The first kappa shape index (κ1) is 10.9. The van der Waals surface area contributed by atoms with Crippen LogP contribution in [0.1, 0.15) is 5.69 Å². The molecule has 0 fully saturated rings. The van der Waals surface area contributed by atoms with Gasteiger partial charge in [0, 0.05) is 0 Å². The fourth-order valence-electron chi connectivity index (χ4n) is 1.00. The molecule has 1 rings (SSSR count). The summed E-state index contributed by atoms with van der Waals surface area (Å²) in [5, 5.41) is 3.08. The van der Waals surface area contributed by atoms with E-state index >= 15 is 0 Å². The Kier molecular flexibility index (Phi) is 2.75. The van der Waals surface area contributed by atoms with Crippen molar-refractivity contribution in [2.75, 3.05) is 5.73 Å². The third kappa shape index (κ3) is 1.84. The Hall–Kier alpha value is -1.17. The lowest BCUT2D eigenvalue weighted by atomic mass is 10.3. The zero-order chi connectivity index (χ0) is 10.9. The maximum absolute atomic E-state index is 12.4. The fraction of sp³-hybridized carbons (Fsp3) is 0.286. The first-order chi connectivity index (χ1) is 6.38. The zero-order valence-corrected chi connectivity index (χ0v) is 7.73. The van der Waals surface area contributed by atoms with Crippen LogP contribution in [0.2, 0.25) is 5.15 Å². The summed E-state index contributed by atoms with van der Waals surface area (Å²) in [6.45, 7) is 3.21. The normalized spacial score (nSPS) is 11.7. The molecule has 0 spiro atoms. The molecule has 0 aliphatic rings. The number of hydrogen-bond donors (Lipinski definition) is 1. The van der Waals surface area contributed by atoms with Crippen molar-refractivity contribution < 1.29 is 13.2 Å². The highest BCUT2D eigenvalue weighted by atomic mass is 35.5. The molecular weight excluding hydrogens is 219 g/mol. The van der Waals surface area contributed by atoms with Gasteiger partial charge in [0.1, 0.15) is 5.69 Å². The van der Waals surface area contributed by atoms with Crippen LogP contribution in [0.4, 0.5) is 18.9 Å². The Morgan fingerprint density at radius 1 is 1.57 bits per heavy atom. The summed E-state index contributed by atoms with van der Waals surface area (Å²) < 4.78 is 37.9. The molecule has 0 aliphatic carbocycles. The van der Waals surface area contributed by atoms with Gasteiger partial charge in [-0.3, -0.25) is 4.68 Å². The molecule has 2 N–H and O–H groups in total. The van der Waals surface area contributed by atoms with Crippen molar-refractivity contribution in [2.45, 2.75) is 12.7 Å². The van der Waals surface area contributed by atoms with E-state index in [2.05, 4.69) is 11.7 Å². The van der Waals surface area contributed by atoms with Gasteiger partial charge < -0.3 is 5.73 Å². The van der Waals surface area contributed by atoms with E-state index in [4.69, 9.17) is 17.3 Å². The second-order valence-corrected chi connectivity index (χ2v) is 2.88. The smallest absolute Gasteiger partial charge is 0.394 e. The molecule has 0 amide bonds. The maximum Gasteiger partial charge on any atom is 0.435 e. The fourth-order valence-corrected chi connectivity index (χ4v) is 1.18. The SMILES string of the molecule is C=CCn1nc(Cl)c(N)c1C(F)(F)F. The van der Waals surface area contributed by atoms with Crippen molar-refractivity contribution >= 4 is 17.3 Å². The lowest BCUT2D eigenvalue weighted by Gasteiger charge is -2.08. The Morgan fingerprint density at radius 2 is 2.14 bits per heavy atom. The second-order valence-electron chi connectivity index (χ2n) is 2.52. The van der Waals surface area contributed by atoms with E-state index < -0.39 is 17.6 Å². The summed E-state index contributed by atoms with van der Waals surface area (Å²) in [5.74, 6) is 0. The minimum Gasteiger partial charge on any atom is -0.394 e. The van der Waals surface area contributed by atoms with Gasteiger partial charge in [-0.05, 0) is 0 Å². The van der Waals surface area contributed by atoms with Crippen LogP contribution in [0.25, 0.3) is 0 Å². The first-order valence-corrected chi connectivity index (χ1v) is 3.95. The van der Waals surface area contributed by atoms with E-state index in [0.29, 0.717) is 4.68 Å². The van der Waals surface area contributed by atoms with E-state index in [9.17, 15) is 13.2 Å². The molecule has 0 aromatic carbocycles. The molecule has 0 saturated carbocycles. The van der Waals surface area contributed by atoms with E-state index in [0.717, 1.165) is 0 Å². The molecular formula is C7H7ClF3N3. The Labute approximate surface area is 82.9 Å². The van der Waals surface area contributed by atoms with Gasteiger partial charge in [-0.1, -0.05) is 17.7 Å². The van der Waals surface area contributed by atoms with Crippen LogP contribution in [-0.2, 0) is 12.7 Å². The monoisotopic (exact) mass is 225 g/mol. The number of allylic oxidation sites excluding steroid dienone is 1. The van der Waals surface area contributed by atoms with Crippen LogP contribution < -0.4 is 5.73 Å². The standard InChI is InChI=1S/C7H7ClF3N3/c1-2-3-14-5(7(9,10)11)4(12)6(8)13-14/h2H,1,3,12H2. The van der Waals surface area contributed by atoms with Crippen LogP contribution in [0.15, 0.2) is 12.7 Å². The van der Waals surface area contributed by atoms with Gasteiger partial charge >= 0.3 is 6.18 Å². The number of aromatic nitrogens is 2. The third-order valence-electron chi connectivity index (χ3n) is 1.51. The number of halogens is 4. The zero-order valence-electron chi connectivity index (χ0n) is 6.98. The topological polar surface area (TPSA) is 43.8 Å². The number of nitrogens with two attached hydrogens (primary N) is 1. The number of alkyl halides is 3. The summed E-state index contributed by atoms with van der Waals surface area (Å²) in [4.78, 5) is 0. The Morgan fingerprint density at radius 3 is 2.57 bits per heavy atom. The number of nitrogen functional groups attached to an aromatic ring is 1. The molecule has 7 heteroatoms. The average molecular weight is 226 g/mol. The van der Waals surface area contributed by atoms with Crippen molar-refractivity contribution in [3.63, 3.8) is 0 Å². The highest BCUT2D eigenvalue weighted by Gasteiger charge is 2.38. The Balaban J connectivity index is 3.30. The lowest BCUT2D eigenvalue weighted by molar-refractivity contribution is -0.143. The van der Waals surface area contributed by atoms with Gasteiger partial charge in [0.05, 0.1) is 6.54 Å². The summed E-state index contributed by atoms with van der Waals surface area (Å²) in [7, 11) is 0. The molecule has 0 atom stereocenters. The van der Waals surface area contributed by atoms with Crippen molar-refractivity contribution in [2.24, 2.45) is 0 Å². The van der Waals surface area contributed by atoms with E-state index in [-0.39, 0.29) is 11.7 Å². The molecule has 0 unspecified atom stereocenters. The largest absolute Gasteiger partial charge is 0.435 e. The molecule has 0 bridgehead atoms. The molecule has 1 heterocycles. The van der Waals surface area contributed by atoms with Crippen LogP contribution >= 0.6 is 11.6 Å². The predicted molar refractivity (Wildman–Crippen MR) is 46.8 cm³/mol. The van der Waals surface area contributed by atoms with E-state index in [1.807, 2.05) is 0 Å². The van der Waals surface area contributed by atoms with E-state index in [1.165, 1.54) is 6.08 Å². The summed E-state index contributed by atoms with van der Waals surface area (Å²) in [6.07, 6.45) is -3.29. The average Bonchev–Trinajstić information content (AvgIpc) is 2.27. The van der Waals surface area contributed by atoms with Crippen molar-refractivity contribution in [1.82, 2.24) is 9.78 Å². The second kappa shape index (κ2) is 3.53. The maximum atomic E-state index is 12.4. The minimum atomic E-state index is -4.56. The van der Waals surface area contributed by atoms with Gasteiger partial charge in [0.25, 0.3) is 0 Å². The molecule has 0 saturated heterocycles. The van der Waals surface area contributed by atoms with Crippen LogP contribution in [0.3, 0.4) is 0 Å². The first-order valence-electron chi connectivity index (χ1n) is 3.57. The number of anilines is 1. The molecule has 0 aliphatic heterocycles. The van der Waals surface area contributed by atoms with Crippen molar-refractivity contribution in [3.8, 4) is 0 Å². The van der Waals surface area contributed by atoms with Gasteiger partial charge in [-0.2, -0.15) is 18.3 Å². The quantitative estimate of drug-likeness (QED) is 0.785. The van der Waals surface area contributed by atoms with Gasteiger partial charge in [0.2, 0.25) is 0 Å². The van der Waals surface area contributed by atoms with Crippen LogP contribution in [-0.4, -0.2) is 9.78 Å². The van der Waals surface area contributed by atoms with Crippen molar-refractivity contribution in [3.05, 3.63) is 23.5 Å². The predicted octanol–water partition coefficient (Wildman–Crippen LogP) is 2.32. The van der Waals surface area contributed by atoms with Crippen LogP contribution in [0, 0.1) is 0 Å². The molecule has 1 aromatic rings. The summed E-state index contributed by atoms with van der Waals surface area (Å²) >= 11 is 5.39. The summed E-state index contributed by atoms with van der Waals surface area (Å²) in [6, 6.07) is 0. The lowest BCUT2D eigenvalue weighted by Crippen LogP contribution is -2.15. The van der Waals surface area contributed by atoms with Gasteiger partial charge in [-0.15, -0.1) is 6.58 Å². The van der Waals surface area contributed by atoms with E-state index in [1.54, 1.807) is 0 Å². The third-order valence-corrected chi connectivity index (χ3v) is 1.79.